The molecule has 0 radical (unpaired) electrons. The van der Waals surface area contributed by atoms with Crippen LogP contribution in [0.3, 0.4) is 0 Å². The number of rotatable bonds is 8. The second-order valence-corrected chi connectivity index (χ2v) is 15.5. The molecule has 0 amide bonds. The van der Waals surface area contributed by atoms with Crippen molar-refractivity contribution in [2.75, 3.05) is 9.80 Å². The molecule has 0 unspecified atom stereocenters. The van der Waals surface area contributed by atoms with Gasteiger partial charge in [-0.05, 0) is 92.9 Å². The summed E-state index contributed by atoms with van der Waals surface area (Å²) in [6, 6.07) is 72.4. The van der Waals surface area contributed by atoms with Gasteiger partial charge in [-0.3, -0.25) is 0 Å². The van der Waals surface area contributed by atoms with E-state index < -0.39 is 0 Å². The maximum absolute atomic E-state index is 2.40. The molecule has 0 atom stereocenters. The molecule has 0 heterocycles. The maximum atomic E-state index is 2.40. The van der Waals surface area contributed by atoms with Gasteiger partial charge in [0.05, 0.1) is 17.1 Å². The van der Waals surface area contributed by atoms with E-state index >= 15 is 0 Å². The molecule has 9 aromatic rings. The molecule has 0 aliphatic carbocycles. The Labute approximate surface area is 330 Å². The van der Waals surface area contributed by atoms with Gasteiger partial charge < -0.3 is 9.80 Å². The zero-order valence-corrected chi connectivity index (χ0v) is 32.1. The second kappa shape index (κ2) is 14.7. The fourth-order valence-electron chi connectivity index (χ4n) is 7.82. The lowest BCUT2D eigenvalue weighted by Gasteiger charge is -2.28. The zero-order valence-electron chi connectivity index (χ0n) is 32.1. The van der Waals surface area contributed by atoms with E-state index in [1.165, 1.54) is 37.9 Å². The van der Waals surface area contributed by atoms with Crippen LogP contribution >= 0.6 is 0 Å². The summed E-state index contributed by atoms with van der Waals surface area (Å²) in [6.07, 6.45) is 4.40. The molecule has 0 aliphatic rings. The van der Waals surface area contributed by atoms with Crippen molar-refractivity contribution in [2.45, 2.75) is 26.2 Å². The summed E-state index contributed by atoms with van der Waals surface area (Å²) in [6.45, 7) is 6.79. The summed E-state index contributed by atoms with van der Waals surface area (Å²) in [5.41, 5.74) is 10.5. The minimum Gasteiger partial charge on any atom is -0.310 e. The average Bonchev–Trinajstić information content (AvgIpc) is 3.24. The lowest BCUT2D eigenvalue weighted by molar-refractivity contribution is 0.590. The summed E-state index contributed by atoms with van der Waals surface area (Å²) >= 11 is 0. The van der Waals surface area contributed by atoms with Gasteiger partial charge in [0, 0.05) is 33.2 Å². The monoisotopic (exact) mass is 720 g/mol. The molecule has 9 aromatic carbocycles. The van der Waals surface area contributed by atoms with E-state index in [-0.39, 0.29) is 5.41 Å². The van der Waals surface area contributed by atoms with Gasteiger partial charge in [-0.1, -0.05) is 179 Å². The normalized spacial score (nSPS) is 11.8. The molecule has 0 saturated heterocycles. The smallest absolute Gasteiger partial charge is 0.0540 e. The number of benzene rings is 9. The van der Waals surface area contributed by atoms with Gasteiger partial charge in [0.1, 0.15) is 0 Å². The Morgan fingerprint density at radius 3 is 1.04 bits per heavy atom. The Bertz CT molecular complexity index is 2730. The van der Waals surface area contributed by atoms with Crippen LogP contribution in [0, 0.1) is 0 Å². The van der Waals surface area contributed by atoms with Gasteiger partial charge in [0.25, 0.3) is 0 Å². The Morgan fingerprint density at radius 1 is 0.321 bits per heavy atom. The number of nitrogens with zero attached hydrogens (tertiary/aromatic N) is 2. The molecule has 0 fully saturated rings. The third-order valence-corrected chi connectivity index (χ3v) is 10.8. The lowest BCUT2D eigenvalue weighted by Crippen LogP contribution is -2.13. The lowest BCUT2D eigenvalue weighted by atomic mass is 9.87. The Balaban J connectivity index is 1.04. The van der Waals surface area contributed by atoms with E-state index in [1.54, 1.807) is 0 Å². The van der Waals surface area contributed by atoms with E-state index in [4.69, 9.17) is 0 Å². The van der Waals surface area contributed by atoms with Crippen LogP contribution in [-0.2, 0) is 5.41 Å². The van der Waals surface area contributed by atoms with Crippen LogP contribution in [0.5, 0.6) is 0 Å². The van der Waals surface area contributed by atoms with Crippen LogP contribution in [0.1, 0.15) is 37.5 Å². The minimum atomic E-state index is 0.0874. The molecule has 0 aromatic heterocycles. The van der Waals surface area contributed by atoms with Crippen molar-refractivity contribution in [3.63, 3.8) is 0 Å². The SMILES string of the molecule is CC(C)(C)c1ccc(N(c2ccc(/C=C/c3ccc(N(c4cccc5ccccc45)c4cccc5ccccc45)cc3)cc2)c2cccc3ccccc23)cc1. The van der Waals surface area contributed by atoms with Crippen molar-refractivity contribution in [1.82, 2.24) is 0 Å². The summed E-state index contributed by atoms with van der Waals surface area (Å²) in [5, 5.41) is 7.33. The van der Waals surface area contributed by atoms with Gasteiger partial charge in [0.15, 0.2) is 0 Å². The second-order valence-electron chi connectivity index (χ2n) is 15.5. The van der Waals surface area contributed by atoms with E-state index in [2.05, 4.69) is 243 Å². The molecule has 0 spiro atoms. The molecule has 0 N–H and O–H groups in total. The van der Waals surface area contributed by atoms with E-state index in [1.807, 2.05) is 0 Å². The molecule has 0 aliphatic heterocycles. The van der Waals surface area contributed by atoms with Crippen LogP contribution in [0.4, 0.5) is 34.1 Å². The molecular formula is C54H44N2. The highest BCUT2D eigenvalue weighted by atomic mass is 15.1. The topological polar surface area (TPSA) is 6.48 Å². The minimum absolute atomic E-state index is 0.0874. The molecule has 9 rings (SSSR count). The molecular weight excluding hydrogens is 677 g/mol. The van der Waals surface area contributed by atoms with Crippen molar-refractivity contribution >= 4 is 78.6 Å². The first-order chi connectivity index (χ1) is 27.4. The predicted molar refractivity (Wildman–Crippen MR) is 242 cm³/mol. The van der Waals surface area contributed by atoms with Crippen LogP contribution < -0.4 is 9.80 Å². The third-order valence-electron chi connectivity index (χ3n) is 10.8. The van der Waals surface area contributed by atoms with Gasteiger partial charge in [-0.2, -0.15) is 0 Å². The largest absolute Gasteiger partial charge is 0.310 e. The first kappa shape index (κ1) is 34.8. The van der Waals surface area contributed by atoms with Crippen molar-refractivity contribution in [3.05, 3.63) is 217 Å². The fourth-order valence-corrected chi connectivity index (χ4v) is 7.82. The number of anilines is 6. The Kier molecular flexibility index (Phi) is 9.17. The average molecular weight is 721 g/mol. The highest BCUT2D eigenvalue weighted by molar-refractivity contribution is 6.05. The maximum Gasteiger partial charge on any atom is 0.0540 e. The van der Waals surface area contributed by atoms with E-state index in [0.717, 1.165) is 45.3 Å². The van der Waals surface area contributed by atoms with Gasteiger partial charge >= 0.3 is 0 Å². The number of hydrogen-bond acceptors (Lipinski definition) is 2. The molecule has 2 heteroatoms. The molecule has 2 nitrogen and oxygen atoms in total. The molecule has 56 heavy (non-hydrogen) atoms. The van der Waals surface area contributed by atoms with E-state index in [0.29, 0.717) is 0 Å². The van der Waals surface area contributed by atoms with Gasteiger partial charge in [0.2, 0.25) is 0 Å². The van der Waals surface area contributed by atoms with Crippen molar-refractivity contribution < 1.29 is 0 Å². The third kappa shape index (κ3) is 6.83. The van der Waals surface area contributed by atoms with Gasteiger partial charge in [-0.25, -0.2) is 0 Å². The van der Waals surface area contributed by atoms with Crippen LogP contribution in [-0.4, -0.2) is 0 Å². The molecule has 0 bridgehead atoms. The summed E-state index contributed by atoms with van der Waals surface area (Å²) in [5.74, 6) is 0. The first-order valence-corrected chi connectivity index (χ1v) is 19.4. The van der Waals surface area contributed by atoms with E-state index in [9.17, 15) is 0 Å². The fraction of sp³-hybridized carbons (Fsp3) is 0.0741. The zero-order chi connectivity index (χ0) is 38.1. The highest BCUT2D eigenvalue weighted by Crippen LogP contribution is 2.43. The predicted octanol–water partition coefficient (Wildman–Crippen LogP) is 15.6. The number of hydrogen-bond donors (Lipinski definition) is 0. The van der Waals surface area contributed by atoms with Crippen LogP contribution in [0.2, 0.25) is 0 Å². The van der Waals surface area contributed by atoms with Crippen LogP contribution in [0.25, 0.3) is 44.5 Å². The summed E-state index contributed by atoms with van der Waals surface area (Å²) in [4.78, 5) is 4.77. The quantitative estimate of drug-likeness (QED) is 0.144. The standard InChI is InChI=1S/C54H44N2/c1-54(2,3)44-31-37-46(38-32-44)55(51-22-10-16-41-13-4-7-19-48(41)51)45-33-27-39(28-34-45)25-26-40-29-35-47(36-30-40)56(52-23-11-17-42-14-5-8-20-49(42)52)53-24-12-18-43-15-6-9-21-50(43)53/h4-38H,1-3H3/b26-25+. The first-order valence-electron chi connectivity index (χ1n) is 19.4. The number of fused-ring (bicyclic) bond motifs is 3. The van der Waals surface area contributed by atoms with Gasteiger partial charge in [-0.15, -0.1) is 0 Å². The highest BCUT2D eigenvalue weighted by Gasteiger charge is 2.19. The Hall–Kier alpha value is -6.90. The van der Waals surface area contributed by atoms with Crippen molar-refractivity contribution in [2.24, 2.45) is 0 Å². The molecule has 0 saturated carbocycles. The molecule has 270 valence electrons. The van der Waals surface area contributed by atoms with Crippen molar-refractivity contribution in [3.8, 4) is 0 Å². The van der Waals surface area contributed by atoms with Crippen LogP contribution in [0.15, 0.2) is 200 Å². The van der Waals surface area contributed by atoms with Crippen molar-refractivity contribution in [1.29, 1.82) is 0 Å². The summed E-state index contributed by atoms with van der Waals surface area (Å²) < 4.78 is 0. The summed E-state index contributed by atoms with van der Waals surface area (Å²) in [7, 11) is 0. The Morgan fingerprint density at radius 2 is 0.643 bits per heavy atom.